The lowest BCUT2D eigenvalue weighted by molar-refractivity contribution is -0.0917. The van der Waals surface area contributed by atoms with Crippen molar-refractivity contribution in [2.24, 2.45) is 5.41 Å². The van der Waals surface area contributed by atoms with Gasteiger partial charge in [0, 0.05) is 11.6 Å². The molecule has 0 fully saturated rings. The Morgan fingerprint density at radius 2 is 2.24 bits per heavy atom. The van der Waals surface area contributed by atoms with Crippen molar-refractivity contribution in [1.29, 1.82) is 0 Å². The molecule has 0 aliphatic heterocycles. The number of aliphatic hydroxyl groups is 1. The van der Waals surface area contributed by atoms with Gasteiger partial charge in [-0.25, -0.2) is 0 Å². The lowest BCUT2D eigenvalue weighted by atomic mass is 9.67. The van der Waals surface area contributed by atoms with Crippen LogP contribution in [0.5, 0.6) is 0 Å². The molecular formula is C15H23NO. The van der Waals surface area contributed by atoms with E-state index in [0.29, 0.717) is 0 Å². The minimum Gasteiger partial charge on any atom is -0.383 e. The lowest BCUT2D eigenvalue weighted by Gasteiger charge is -2.42. The van der Waals surface area contributed by atoms with Crippen LogP contribution in [0, 0.1) is 5.41 Å². The van der Waals surface area contributed by atoms with Crippen LogP contribution in [0.3, 0.4) is 0 Å². The molecule has 1 aliphatic carbocycles. The number of rotatable bonds is 4. The highest BCUT2D eigenvalue weighted by molar-refractivity contribution is 5.33. The highest BCUT2D eigenvalue weighted by Crippen LogP contribution is 2.51. The van der Waals surface area contributed by atoms with Gasteiger partial charge in [0.25, 0.3) is 0 Å². The van der Waals surface area contributed by atoms with Gasteiger partial charge in [-0.2, -0.15) is 0 Å². The van der Waals surface area contributed by atoms with Crippen LogP contribution in [0.2, 0.25) is 0 Å². The van der Waals surface area contributed by atoms with E-state index in [9.17, 15) is 5.11 Å². The minimum absolute atomic E-state index is 0.0542. The Bertz CT molecular complexity index is 404. The Kier molecular flexibility index (Phi) is 3.26. The van der Waals surface area contributed by atoms with Gasteiger partial charge in [0.05, 0.1) is 5.69 Å². The molecule has 1 aromatic rings. The van der Waals surface area contributed by atoms with Crippen molar-refractivity contribution in [2.45, 2.75) is 58.5 Å². The Balaban J connectivity index is 2.44. The van der Waals surface area contributed by atoms with Crippen molar-refractivity contribution in [1.82, 2.24) is 4.98 Å². The summed E-state index contributed by atoms with van der Waals surface area (Å²) in [6, 6.07) is 4.07. The van der Waals surface area contributed by atoms with E-state index in [-0.39, 0.29) is 5.41 Å². The molecule has 0 radical (unpaired) electrons. The second kappa shape index (κ2) is 4.41. The molecule has 2 nitrogen and oxygen atoms in total. The van der Waals surface area contributed by atoms with Crippen LogP contribution in [0.25, 0.3) is 0 Å². The standard InChI is InChI=1S/C15H23NO/c1-4-9-14(3,5-2)15(17)10-8-12-7-6-11-16-13(12)15/h6-7,11,17H,4-5,8-10H2,1-3H3/t14?,15-/m1/s1. The third kappa shape index (κ3) is 1.79. The summed E-state index contributed by atoms with van der Waals surface area (Å²) in [5.74, 6) is 0. The summed E-state index contributed by atoms with van der Waals surface area (Å²) in [4.78, 5) is 4.46. The smallest absolute Gasteiger partial charge is 0.112 e. The zero-order valence-corrected chi connectivity index (χ0v) is 11.2. The second-order valence-corrected chi connectivity index (χ2v) is 5.54. The molecule has 2 rings (SSSR count). The van der Waals surface area contributed by atoms with Crippen molar-refractivity contribution in [3.05, 3.63) is 29.6 Å². The SMILES string of the molecule is CCCC(C)(CC)[C@@]1(O)CCc2cccnc21. The summed E-state index contributed by atoms with van der Waals surface area (Å²) in [5.41, 5.74) is 1.37. The van der Waals surface area contributed by atoms with Gasteiger partial charge in [0.2, 0.25) is 0 Å². The van der Waals surface area contributed by atoms with E-state index in [2.05, 4.69) is 31.8 Å². The summed E-state index contributed by atoms with van der Waals surface area (Å²) < 4.78 is 0. The van der Waals surface area contributed by atoms with E-state index in [0.717, 1.165) is 37.8 Å². The van der Waals surface area contributed by atoms with Crippen LogP contribution in [0.15, 0.2) is 18.3 Å². The molecule has 0 amide bonds. The maximum absolute atomic E-state index is 11.1. The normalized spacial score (nSPS) is 26.6. The van der Waals surface area contributed by atoms with Crippen LogP contribution in [-0.2, 0) is 12.0 Å². The Morgan fingerprint density at radius 3 is 2.88 bits per heavy atom. The number of fused-ring (bicyclic) bond motifs is 1. The molecule has 17 heavy (non-hydrogen) atoms. The van der Waals surface area contributed by atoms with Gasteiger partial charge in [-0.3, -0.25) is 4.98 Å². The average Bonchev–Trinajstić information content (AvgIpc) is 2.70. The fraction of sp³-hybridized carbons (Fsp3) is 0.667. The van der Waals surface area contributed by atoms with E-state index >= 15 is 0 Å². The van der Waals surface area contributed by atoms with E-state index in [4.69, 9.17) is 0 Å². The van der Waals surface area contributed by atoms with Gasteiger partial charge in [-0.05, 0) is 37.3 Å². The zero-order chi connectivity index (χ0) is 12.5. The maximum Gasteiger partial charge on any atom is 0.112 e. The number of nitrogens with zero attached hydrogens (tertiary/aromatic N) is 1. The Labute approximate surface area is 104 Å². The number of hydrogen-bond donors (Lipinski definition) is 1. The van der Waals surface area contributed by atoms with E-state index in [1.54, 1.807) is 6.20 Å². The van der Waals surface area contributed by atoms with Gasteiger partial charge >= 0.3 is 0 Å². The van der Waals surface area contributed by atoms with Crippen LogP contribution < -0.4 is 0 Å². The largest absolute Gasteiger partial charge is 0.383 e. The predicted molar refractivity (Wildman–Crippen MR) is 69.8 cm³/mol. The summed E-state index contributed by atoms with van der Waals surface area (Å²) in [6.45, 7) is 6.57. The maximum atomic E-state index is 11.1. The molecule has 1 heterocycles. The first kappa shape index (κ1) is 12.6. The molecule has 0 aromatic carbocycles. The third-order valence-electron chi connectivity index (χ3n) is 4.62. The quantitative estimate of drug-likeness (QED) is 0.864. The summed E-state index contributed by atoms with van der Waals surface area (Å²) >= 11 is 0. The van der Waals surface area contributed by atoms with Gasteiger partial charge in [-0.1, -0.05) is 33.3 Å². The fourth-order valence-electron chi connectivity index (χ4n) is 3.26. The molecule has 0 saturated carbocycles. The lowest BCUT2D eigenvalue weighted by Crippen LogP contribution is -2.42. The van der Waals surface area contributed by atoms with Crippen LogP contribution >= 0.6 is 0 Å². The van der Waals surface area contributed by atoms with Crippen molar-refractivity contribution in [3.8, 4) is 0 Å². The average molecular weight is 233 g/mol. The fourth-order valence-corrected chi connectivity index (χ4v) is 3.26. The molecular weight excluding hydrogens is 210 g/mol. The van der Waals surface area contributed by atoms with E-state index < -0.39 is 5.60 Å². The molecule has 0 spiro atoms. The third-order valence-corrected chi connectivity index (χ3v) is 4.62. The molecule has 1 N–H and O–H groups in total. The zero-order valence-electron chi connectivity index (χ0n) is 11.2. The second-order valence-electron chi connectivity index (χ2n) is 5.54. The van der Waals surface area contributed by atoms with Crippen LogP contribution in [0.4, 0.5) is 0 Å². The first-order valence-corrected chi connectivity index (χ1v) is 6.74. The first-order chi connectivity index (χ1) is 8.07. The Hall–Kier alpha value is -0.890. The first-order valence-electron chi connectivity index (χ1n) is 6.74. The molecule has 1 aromatic heterocycles. The molecule has 0 bridgehead atoms. The molecule has 2 atom stereocenters. The summed E-state index contributed by atoms with van der Waals surface area (Å²) in [5, 5.41) is 11.1. The minimum atomic E-state index is -0.728. The van der Waals surface area contributed by atoms with E-state index in [1.165, 1.54) is 5.56 Å². The number of aryl methyl sites for hydroxylation is 1. The van der Waals surface area contributed by atoms with Crippen molar-refractivity contribution in [2.75, 3.05) is 0 Å². The summed E-state index contributed by atoms with van der Waals surface area (Å²) in [6.07, 6.45) is 6.73. The van der Waals surface area contributed by atoms with Gasteiger partial charge < -0.3 is 5.11 Å². The molecule has 94 valence electrons. The topological polar surface area (TPSA) is 33.1 Å². The van der Waals surface area contributed by atoms with Gasteiger partial charge in [0.15, 0.2) is 0 Å². The Morgan fingerprint density at radius 1 is 1.47 bits per heavy atom. The van der Waals surface area contributed by atoms with Crippen molar-refractivity contribution >= 4 is 0 Å². The summed E-state index contributed by atoms with van der Waals surface area (Å²) in [7, 11) is 0. The van der Waals surface area contributed by atoms with E-state index in [1.807, 2.05) is 6.07 Å². The van der Waals surface area contributed by atoms with Crippen LogP contribution in [-0.4, -0.2) is 10.1 Å². The predicted octanol–water partition coefficient (Wildman–Crippen LogP) is 3.43. The van der Waals surface area contributed by atoms with Crippen molar-refractivity contribution < 1.29 is 5.11 Å². The molecule has 1 aliphatic rings. The number of aromatic nitrogens is 1. The number of hydrogen-bond acceptors (Lipinski definition) is 2. The van der Waals surface area contributed by atoms with Crippen LogP contribution in [0.1, 0.15) is 57.7 Å². The molecule has 1 unspecified atom stereocenters. The molecule has 0 saturated heterocycles. The van der Waals surface area contributed by atoms with Crippen molar-refractivity contribution in [3.63, 3.8) is 0 Å². The monoisotopic (exact) mass is 233 g/mol. The van der Waals surface area contributed by atoms with Gasteiger partial charge in [0.1, 0.15) is 5.60 Å². The highest BCUT2D eigenvalue weighted by Gasteiger charge is 2.50. The highest BCUT2D eigenvalue weighted by atomic mass is 16.3. The molecule has 2 heteroatoms. The number of pyridine rings is 1. The van der Waals surface area contributed by atoms with Gasteiger partial charge in [-0.15, -0.1) is 0 Å².